The zero-order chi connectivity index (χ0) is 17.0. The maximum absolute atomic E-state index is 12.9. The van der Waals surface area contributed by atoms with Gasteiger partial charge in [-0.2, -0.15) is 0 Å². The van der Waals surface area contributed by atoms with E-state index in [1.54, 1.807) is 13.2 Å². The third kappa shape index (κ3) is 4.63. The van der Waals surface area contributed by atoms with Gasteiger partial charge in [0.15, 0.2) is 11.5 Å². The van der Waals surface area contributed by atoms with Crippen LogP contribution in [0.25, 0.3) is 0 Å². The van der Waals surface area contributed by atoms with Crippen LogP contribution in [0.3, 0.4) is 0 Å². The lowest BCUT2D eigenvalue weighted by molar-refractivity contribution is 0.0735. The van der Waals surface area contributed by atoms with Crippen LogP contribution in [0.1, 0.15) is 50.4 Å². The normalized spacial score (nSPS) is 14.0. The smallest absolute Gasteiger partial charge is 0.254 e. The van der Waals surface area contributed by atoms with Crippen molar-refractivity contribution < 1.29 is 14.3 Å². The number of methoxy groups -OCH3 is 1. The van der Waals surface area contributed by atoms with Gasteiger partial charge in [-0.25, -0.2) is 0 Å². The predicted molar refractivity (Wildman–Crippen MR) is 95.4 cm³/mol. The lowest BCUT2D eigenvalue weighted by atomic mass is 10.1. The Bertz CT molecular complexity index is 555. The van der Waals surface area contributed by atoms with Gasteiger partial charge in [0, 0.05) is 18.2 Å². The van der Waals surface area contributed by atoms with E-state index in [9.17, 15) is 4.79 Å². The molecule has 0 atom stereocenters. The predicted octanol–water partition coefficient (Wildman–Crippen LogP) is 4.51. The molecule has 0 radical (unpaired) electrons. The Morgan fingerprint density at radius 1 is 1.39 bits per heavy atom. The van der Waals surface area contributed by atoms with Crippen LogP contribution in [0, 0.1) is 5.92 Å². The number of carbonyl (C=O) groups excluding carboxylic acids is 1. The van der Waals surface area contributed by atoms with Crippen LogP contribution in [0.5, 0.6) is 11.5 Å². The Morgan fingerprint density at radius 2 is 2.09 bits per heavy atom. The van der Waals surface area contributed by atoms with Crippen LogP contribution >= 0.6 is 15.9 Å². The van der Waals surface area contributed by atoms with Crippen molar-refractivity contribution in [2.75, 3.05) is 20.3 Å². The molecule has 0 aliphatic heterocycles. The molecule has 1 aromatic carbocycles. The number of hydrogen-bond acceptors (Lipinski definition) is 3. The summed E-state index contributed by atoms with van der Waals surface area (Å²) >= 11 is 3.50. The highest BCUT2D eigenvalue weighted by Gasteiger charge is 2.33. The van der Waals surface area contributed by atoms with Gasteiger partial charge in [-0.05, 0) is 60.2 Å². The van der Waals surface area contributed by atoms with Crippen LogP contribution in [0.2, 0.25) is 0 Å². The first kappa shape index (κ1) is 18.1. The van der Waals surface area contributed by atoms with Gasteiger partial charge in [0.05, 0.1) is 18.2 Å². The molecule has 128 valence electrons. The van der Waals surface area contributed by atoms with E-state index in [0.29, 0.717) is 35.6 Å². The van der Waals surface area contributed by atoms with Gasteiger partial charge in [-0.3, -0.25) is 4.79 Å². The summed E-state index contributed by atoms with van der Waals surface area (Å²) in [5, 5.41) is 0. The first-order valence-electron chi connectivity index (χ1n) is 8.29. The molecule has 0 saturated heterocycles. The fourth-order valence-corrected chi connectivity index (χ4v) is 3.08. The second-order valence-corrected chi connectivity index (χ2v) is 7.19. The number of benzene rings is 1. The average Bonchev–Trinajstić information content (AvgIpc) is 3.33. The van der Waals surface area contributed by atoms with Gasteiger partial charge < -0.3 is 14.4 Å². The van der Waals surface area contributed by atoms with E-state index in [0.717, 1.165) is 30.3 Å². The summed E-state index contributed by atoms with van der Waals surface area (Å²) in [6.45, 7) is 7.66. The third-order valence-electron chi connectivity index (χ3n) is 3.96. The van der Waals surface area contributed by atoms with Gasteiger partial charge >= 0.3 is 0 Å². The molecule has 0 spiro atoms. The molecule has 1 aliphatic carbocycles. The quantitative estimate of drug-likeness (QED) is 0.662. The molecule has 0 aromatic heterocycles. The van der Waals surface area contributed by atoms with Crippen LogP contribution in [0.4, 0.5) is 0 Å². The Labute approximate surface area is 147 Å². The largest absolute Gasteiger partial charge is 0.493 e. The molecule has 2 rings (SSSR count). The summed E-state index contributed by atoms with van der Waals surface area (Å²) < 4.78 is 11.7. The number of carbonyl (C=O) groups is 1. The molecule has 1 aliphatic rings. The number of rotatable bonds is 8. The number of ether oxygens (including phenoxy) is 2. The summed E-state index contributed by atoms with van der Waals surface area (Å²) in [5.41, 5.74) is 0.646. The number of amides is 1. The molecule has 1 saturated carbocycles. The third-order valence-corrected chi connectivity index (χ3v) is 4.55. The molecule has 0 N–H and O–H groups in total. The molecule has 23 heavy (non-hydrogen) atoms. The van der Waals surface area contributed by atoms with Crippen molar-refractivity contribution in [1.82, 2.24) is 4.90 Å². The van der Waals surface area contributed by atoms with Crippen LogP contribution in [0.15, 0.2) is 16.6 Å². The van der Waals surface area contributed by atoms with Crippen LogP contribution in [-0.4, -0.2) is 37.1 Å². The lowest BCUT2D eigenvalue weighted by Gasteiger charge is -2.24. The van der Waals surface area contributed by atoms with E-state index in [-0.39, 0.29) is 5.91 Å². The zero-order valence-corrected chi connectivity index (χ0v) is 16.0. The van der Waals surface area contributed by atoms with Gasteiger partial charge in [0.1, 0.15) is 0 Å². The van der Waals surface area contributed by atoms with Crippen LogP contribution in [-0.2, 0) is 0 Å². The summed E-state index contributed by atoms with van der Waals surface area (Å²) in [4.78, 5) is 15.0. The van der Waals surface area contributed by atoms with Crippen molar-refractivity contribution in [3.05, 3.63) is 22.2 Å². The fraction of sp³-hybridized carbons (Fsp3) is 0.611. The highest BCUT2D eigenvalue weighted by Crippen LogP contribution is 2.38. The first-order valence-corrected chi connectivity index (χ1v) is 9.08. The minimum Gasteiger partial charge on any atom is -0.493 e. The molecule has 0 unspecified atom stereocenters. The van der Waals surface area contributed by atoms with Crippen molar-refractivity contribution in [2.45, 2.75) is 46.1 Å². The van der Waals surface area contributed by atoms with Crippen molar-refractivity contribution in [3.63, 3.8) is 0 Å². The molecule has 1 amide bonds. The molecule has 1 fully saturated rings. The monoisotopic (exact) mass is 383 g/mol. The molecule has 0 bridgehead atoms. The van der Waals surface area contributed by atoms with Crippen molar-refractivity contribution >= 4 is 21.8 Å². The lowest BCUT2D eigenvalue weighted by Crippen LogP contribution is -2.34. The second-order valence-electron chi connectivity index (χ2n) is 6.33. The SMILES string of the molecule is CCOc1c(Br)cc(C(=O)N(CCC(C)C)C2CC2)cc1OC. The second kappa shape index (κ2) is 8.04. The standard InChI is InChI=1S/C18H26BrNO3/c1-5-23-17-15(19)10-13(11-16(17)22-4)18(21)20(14-6-7-14)9-8-12(2)3/h10-12,14H,5-9H2,1-4H3. The molecule has 1 aromatic rings. The van der Waals surface area contributed by atoms with Crippen molar-refractivity contribution in [3.8, 4) is 11.5 Å². The number of halogens is 1. The Hall–Kier alpha value is -1.23. The highest BCUT2D eigenvalue weighted by molar-refractivity contribution is 9.10. The Morgan fingerprint density at radius 3 is 2.61 bits per heavy atom. The van der Waals surface area contributed by atoms with E-state index in [1.807, 2.05) is 17.9 Å². The summed E-state index contributed by atoms with van der Waals surface area (Å²) in [6.07, 6.45) is 3.25. The number of hydrogen-bond donors (Lipinski definition) is 0. The number of nitrogens with zero attached hydrogens (tertiary/aromatic N) is 1. The van der Waals surface area contributed by atoms with Crippen LogP contribution < -0.4 is 9.47 Å². The van der Waals surface area contributed by atoms with Crippen molar-refractivity contribution in [2.24, 2.45) is 5.92 Å². The molecule has 4 nitrogen and oxygen atoms in total. The molecule has 0 heterocycles. The minimum atomic E-state index is 0.0789. The summed E-state index contributed by atoms with van der Waals surface area (Å²) in [6, 6.07) is 4.02. The zero-order valence-electron chi connectivity index (χ0n) is 14.4. The molecule has 5 heteroatoms. The van der Waals surface area contributed by atoms with Gasteiger partial charge in [0.25, 0.3) is 5.91 Å². The fourth-order valence-electron chi connectivity index (χ4n) is 2.53. The van der Waals surface area contributed by atoms with E-state index >= 15 is 0 Å². The first-order chi connectivity index (χ1) is 11.0. The topological polar surface area (TPSA) is 38.8 Å². The van der Waals surface area contributed by atoms with Gasteiger partial charge in [-0.1, -0.05) is 13.8 Å². The Balaban J connectivity index is 2.24. The summed E-state index contributed by atoms with van der Waals surface area (Å²) in [5.74, 6) is 1.90. The Kier molecular flexibility index (Phi) is 6.33. The van der Waals surface area contributed by atoms with E-state index < -0.39 is 0 Å². The van der Waals surface area contributed by atoms with E-state index in [4.69, 9.17) is 9.47 Å². The summed E-state index contributed by atoms with van der Waals surface area (Å²) in [7, 11) is 1.59. The molecular formula is C18H26BrNO3. The minimum absolute atomic E-state index is 0.0789. The van der Waals surface area contributed by atoms with E-state index in [2.05, 4.69) is 29.8 Å². The van der Waals surface area contributed by atoms with E-state index in [1.165, 1.54) is 0 Å². The van der Waals surface area contributed by atoms with Gasteiger partial charge in [-0.15, -0.1) is 0 Å². The maximum Gasteiger partial charge on any atom is 0.254 e. The van der Waals surface area contributed by atoms with Crippen molar-refractivity contribution in [1.29, 1.82) is 0 Å². The molecular weight excluding hydrogens is 358 g/mol. The maximum atomic E-state index is 12.9. The van der Waals surface area contributed by atoms with Gasteiger partial charge in [0.2, 0.25) is 0 Å². The average molecular weight is 384 g/mol. The highest BCUT2D eigenvalue weighted by atomic mass is 79.9.